The van der Waals surface area contributed by atoms with Gasteiger partial charge in [-0.1, -0.05) is 42.5 Å². The largest absolute Gasteiger partial charge is 0.489 e. The minimum Gasteiger partial charge on any atom is -0.489 e. The predicted octanol–water partition coefficient (Wildman–Crippen LogP) is 4.91. The number of aromatic nitrogens is 2. The fraction of sp³-hybridized carbons (Fsp3) is 0.200. The molecule has 4 aromatic rings. The van der Waals surface area contributed by atoms with Crippen molar-refractivity contribution < 1.29 is 9.53 Å². The van der Waals surface area contributed by atoms with Gasteiger partial charge in [-0.3, -0.25) is 4.79 Å². The number of fused-ring (bicyclic) bond motifs is 1. The number of carbonyl (C=O) groups excluding carboxylic acids is 1. The lowest BCUT2D eigenvalue weighted by Gasteiger charge is -2.18. The molecule has 0 fully saturated rings. The molecule has 4 rings (SSSR count). The number of aryl methyl sites for hydroxylation is 1. The summed E-state index contributed by atoms with van der Waals surface area (Å²) in [7, 11) is 1.81. The van der Waals surface area contributed by atoms with Crippen LogP contribution in [0.2, 0.25) is 0 Å². The Morgan fingerprint density at radius 3 is 2.40 bits per heavy atom. The third-order valence-electron chi connectivity index (χ3n) is 5.12. The zero-order chi connectivity index (χ0) is 20.9. The van der Waals surface area contributed by atoms with E-state index in [9.17, 15) is 4.79 Å². The molecule has 0 N–H and O–H groups in total. The summed E-state index contributed by atoms with van der Waals surface area (Å²) < 4.78 is 7.96. The number of amides is 1. The van der Waals surface area contributed by atoms with E-state index in [1.165, 1.54) is 0 Å². The number of ether oxygens (including phenoxy) is 1. The number of hydrogen-bond acceptors (Lipinski definition) is 3. The quantitative estimate of drug-likeness (QED) is 0.444. The third kappa shape index (κ3) is 4.20. The van der Waals surface area contributed by atoms with E-state index >= 15 is 0 Å². The van der Waals surface area contributed by atoms with E-state index in [0.717, 1.165) is 34.7 Å². The summed E-state index contributed by atoms with van der Waals surface area (Å²) in [5, 5.41) is 0. The van der Waals surface area contributed by atoms with Gasteiger partial charge in [-0.2, -0.15) is 0 Å². The van der Waals surface area contributed by atoms with Crippen molar-refractivity contribution in [2.75, 3.05) is 7.05 Å². The second-order valence-electron chi connectivity index (χ2n) is 7.22. The van der Waals surface area contributed by atoms with Gasteiger partial charge in [0.05, 0.1) is 17.6 Å². The van der Waals surface area contributed by atoms with Crippen LogP contribution in [0.15, 0.2) is 78.9 Å². The minimum atomic E-state index is -0.0423. The molecule has 5 nitrogen and oxygen atoms in total. The average Bonchev–Trinajstić information content (AvgIpc) is 3.15. The lowest BCUT2D eigenvalue weighted by molar-refractivity contribution is 0.0780. The van der Waals surface area contributed by atoms with Crippen LogP contribution in [-0.4, -0.2) is 27.4 Å². The van der Waals surface area contributed by atoms with E-state index in [1.807, 2.05) is 79.8 Å². The van der Waals surface area contributed by atoms with Gasteiger partial charge in [-0.05, 0) is 48.9 Å². The molecule has 0 saturated carbocycles. The SMILES string of the molecule is CCn1c(CN(C)C(=O)c2ccc(OCc3ccccc3)cc2)nc2ccccc21. The number of imidazole rings is 1. The van der Waals surface area contributed by atoms with Crippen LogP contribution >= 0.6 is 0 Å². The number of para-hydroxylation sites is 2. The van der Waals surface area contributed by atoms with Crippen molar-refractivity contribution in [3.8, 4) is 5.75 Å². The summed E-state index contributed by atoms with van der Waals surface area (Å²) in [5.74, 6) is 1.59. The first-order valence-electron chi connectivity index (χ1n) is 10.1. The molecule has 0 atom stereocenters. The molecule has 0 spiro atoms. The normalized spacial score (nSPS) is 10.9. The Labute approximate surface area is 176 Å². The van der Waals surface area contributed by atoms with Crippen LogP contribution in [0.1, 0.15) is 28.7 Å². The summed E-state index contributed by atoms with van der Waals surface area (Å²) in [4.78, 5) is 19.3. The monoisotopic (exact) mass is 399 g/mol. The lowest BCUT2D eigenvalue weighted by Crippen LogP contribution is -2.27. The Morgan fingerprint density at radius 2 is 1.67 bits per heavy atom. The molecule has 0 unspecified atom stereocenters. The molecule has 30 heavy (non-hydrogen) atoms. The summed E-state index contributed by atoms with van der Waals surface area (Å²) in [5.41, 5.74) is 3.78. The molecule has 1 heterocycles. The maximum atomic E-state index is 12.9. The van der Waals surface area contributed by atoms with Crippen molar-refractivity contribution in [1.82, 2.24) is 14.5 Å². The van der Waals surface area contributed by atoms with Crippen LogP contribution in [0.25, 0.3) is 11.0 Å². The van der Waals surface area contributed by atoms with Gasteiger partial charge >= 0.3 is 0 Å². The van der Waals surface area contributed by atoms with Crippen LogP contribution in [0.4, 0.5) is 0 Å². The van der Waals surface area contributed by atoms with Crippen molar-refractivity contribution in [1.29, 1.82) is 0 Å². The first-order chi connectivity index (χ1) is 14.7. The standard InChI is InChI=1S/C25H25N3O2/c1-3-28-23-12-8-7-11-22(23)26-24(28)17-27(2)25(29)20-13-15-21(16-14-20)30-18-19-9-5-4-6-10-19/h4-16H,3,17-18H2,1-2H3. The smallest absolute Gasteiger partial charge is 0.254 e. The third-order valence-corrected chi connectivity index (χ3v) is 5.12. The van der Waals surface area contributed by atoms with Gasteiger partial charge in [0.2, 0.25) is 0 Å². The molecular formula is C25H25N3O2. The van der Waals surface area contributed by atoms with Gasteiger partial charge in [0.25, 0.3) is 5.91 Å². The van der Waals surface area contributed by atoms with Gasteiger partial charge < -0.3 is 14.2 Å². The van der Waals surface area contributed by atoms with E-state index < -0.39 is 0 Å². The van der Waals surface area contributed by atoms with Crippen LogP contribution in [0, 0.1) is 0 Å². The number of rotatable bonds is 7. The molecule has 0 aliphatic carbocycles. The van der Waals surface area contributed by atoms with E-state index in [-0.39, 0.29) is 5.91 Å². The van der Waals surface area contributed by atoms with Gasteiger partial charge in [0.15, 0.2) is 0 Å². The summed E-state index contributed by atoms with van der Waals surface area (Å²) >= 11 is 0. The molecule has 0 aliphatic rings. The second kappa shape index (κ2) is 8.82. The molecule has 0 bridgehead atoms. The maximum Gasteiger partial charge on any atom is 0.254 e. The van der Waals surface area contributed by atoms with Crippen LogP contribution < -0.4 is 4.74 Å². The Balaban J connectivity index is 1.43. The molecule has 1 aromatic heterocycles. The fourth-order valence-electron chi connectivity index (χ4n) is 3.54. The highest BCUT2D eigenvalue weighted by Gasteiger charge is 2.16. The zero-order valence-electron chi connectivity index (χ0n) is 17.3. The van der Waals surface area contributed by atoms with Crippen LogP contribution in [0.3, 0.4) is 0 Å². The zero-order valence-corrected chi connectivity index (χ0v) is 17.3. The van der Waals surface area contributed by atoms with Crippen LogP contribution in [-0.2, 0) is 19.7 Å². The lowest BCUT2D eigenvalue weighted by atomic mass is 10.2. The topological polar surface area (TPSA) is 47.4 Å². The maximum absolute atomic E-state index is 12.9. The van der Waals surface area contributed by atoms with Crippen molar-refractivity contribution in [3.63, 3.8) is 0 Å². The fourth-order valence-corrected chi connectivity index (χ4v) is 3.54. The summed E-state index contributed by atoms with van der Waals surface area (Å²) in [6, 6.07) is 25.4. The number of carbonyl (C=O) groups is 1. The van der Waals surface area contributed by atoms with E-state index in [0.29, 0.717) is 18.7 Å². The average molecular weight is 399 g/mol. The predicted molar refractivity (Wildman–Crippen MR) is 118 cm³/mol. The molecular weight excluding hydrogens is 374 g/mol. The molecule has 5 heteroatoms. The van der Waals surface area contributed by atoms with Crippen molar-refractivity contribution >= 4 is 16.9 Å². The highest BCUT2D eigenvalue weighted by Crippen LogP contribution is 2.19. The Hall–Kier alpha value is -3.60. The van der Waals surface area contributed by atoms with Gasteiger partial charge in [0, 0.05) is 19.2 Å². The van der Waals surface area contributed by atoms with Gasteiger partial charge in [-0.25, -0.2) is 4.98 Å². The summed E-state index contributed by atoms with van der Waals surface area (Å²) in [6.45, 7) is 3.85. The molecule has 0 aliphatic heterocycles. The number of nitrogens with zero attached hydrogens (tertiary/aromatic N) is 3. The Kier molecular flexibility index (Phi) is 5.80. The second-order valence-corrected chi connectivity index (χ2v) is 7.22. The number of benzene rings is 3. The Morgan fingerprint density at radius 1 is 0.967 bits per heavy atom. The highest BCUT2D eigenvalue weighted by atomic mass is 16.5. The highest BCUT2D eigenvalue weighted by molar-refractivity contribution is 5.94. The minimum absolute atomic E-state index is 0.0423. The molecule has 1 amide bonds. The molecule has 0 saturated heterocycles. The van der Waals surface area contributed by atoms with E-state index in [2.05, 4.69) is 17.6 Å². The van der Waals surface area contributed by atoms with E-state index in [4.69, 9.17) is 9.72 Å². The molecule has 3 aromatic carbocycles. The van der Waals surface area contributed by atoms with E-state index in [1.54, 1.807) is 4.90 Å². The van der Waals surface area contributed by atoms with Gasteiger partial charge in [-0.15, -0.1) is 0 Å². The Bertz CT molecular complexity index is 1130. The van der Waals surface area contributed by atoms with Gasteiger partial charge in [0.1, 0.15) is 18.2 Å². The summed E-state index contributed by atoms with van der Waals surface area (Å²) in [6.07, 6.45) is 0. The van der Waals surface area contributed by atoms with Crippen molar-refractivity contribution in [2.24, 2.45) is 0 Å². The van der Waals surface area contributed by atoms with Crippen LogP contribution in [0.5, 0.6) is 5.75 Å². The van der Waals surface area contributed by atoms with Crippen molar-refractivity contribution in [2.45, 2.75) is 26.6 Å². The van der Waals surface area contributed by atoms with Crippen molar-refractivity contribution in [3.05, 3.63) is 95.8 Å². The molecule has 152 valence electrons. The molecule has 0 radical (unpaired) electrons. The number of hydrogen-bond donors (Lipinski definition) is 0. The first kappa shape index (κ1) is 19.7. The first-order valence-corrected chi connectivity index (χ1v) is 10.1.